The Balaban J connectivity index is 1.02. The first kappa shape index (κ1) is 87.4. The lowest BCUT2D eigenvalue weighted by Crippen LogP contribution is -2.65. The standard InChI is InChI=1S/C73H96IN5O26S3/c1-15-79(41(7)80)45-35-98-52(32-49(45)92-10)103-65-60(87)57(78-105-53-31-46(81)67(40(6)99-53)107-68(89)54-36(2)56(74)63(66(95-13)62(54)93-11)104-69-61(88)64(94-12)59(86)39(5)101-69)38(4)100-70(65)102-48-21-18-16-17-19-28-73(91)33-47(82)58(75-71(90)96-14)55(48)44(73)27-30-106-108-72(8,9)34-50(83)77-76-37(3)42-23-25-43(26-24-42)97-29-20-22-51(84)85/h16-17,23-27,38-40,45-46,48-49,52-53,57,59-61,64-65,67,69-70,78,81,86-88,91H,15,20,22,29-35H2,1-14H3,(H,75,90)(H,77,83)(H,84,85)/b17-16-,44-27+,76-37+/t38-,39+,40-,45+,46+,48+,49+,52+,53+,57-,59+,60-,61-,64-,65-,67-,69+,70+,73+/m1/s1. The molecule has 2 aliphatic carbocycles. The topological polar surface area (TPSA) is 405 Å². The van der Waals surface area contributed by atoms with Gasteiger partial charge in [-0.05, 0) is 132 Å². The molecule has 6 aliphatic rings. The first-order valence-electron chi connectivity index (χ1n) is 34.8. The lowest BCUT2D eigenvalue weighted by atomic mass is 9.75. The van der Waals surface area contributed by atoms with E-state index in [4.69, 9.17) is 71.5 Å². The van der Waals surface area contributed by atoms with Crippen molar-refractivity contribution in [3.8, 4) is 46.7 Å². The number of rotatable bonds is 31. The normalized spacial score (nSPS) is 30.7. The second-order valence-corrected chi connectivity index (χ2v) is 31.9. The van der Waals surface area contributed by atoms with Crippen LogP contribution < -0.4 is 35.2 Å². The van der Waals surface area contributed by atoms with Crippen molar-refractivity contribution in [3.05, 3.63) is 79.6 Å². The molecule has 19 atom stereocenters. The minimum atomic E-state index is -2.23. The molecule has 31 nitrogen and oxygen atoms in total. The second kappa shape index (κ2) is 39.8. The second-order valence-electron chi connectivity index (χ2n) is 26.7. The average molecular weight is 1680 g/mol. The van der Waals surface area contributed by atoms with Crippen molar-refractivity contribution in [1.82, 2.24) is 21.1 Å². The van der Waals surface area contributed by atoms with E-state index < -0.39 is 149 Å². The van der Waals surface area contributed by atoms with E-state index in [0.29, 0.717) is 39.1 Å². The van der Waals surface area contributed by atoms with Crippen molar-refractivity contribution >= 4 is 96.4 Å². The van der Waals surface area contributed by atoms with Crippen LogP contribution in [-0.4, -0.2) is 257 Å². The molecule has 35 heteroatoms. The van der Waals surface area contributed by atoms with Gasteiger partial charge < -0.3 is 97.1 Å². The molecule has 0 aromatic heterocycles. The number of aliphatic carboxylic acids is 1. The summed E-state index contributed by atoms with van der Waals surface area (Å²) in [6.07, 6.45) is -15.6. The zero-order valence-corrected chi connectivity index (χ0v) is 67.0. The quantitative estimate of drug-likeness (QED) is 0.0118. The predicted octanol–water partition coefficient (Wildman–Crippen LogP) is 5.13. The summed E-state index contributed by atoms with van der Waals surface area (Å²) in [5.74, 6) is 9.92. The van der Waals surface area contributed by atoms with Crippen LogP contribution in [0.25, 0.3) is 0 Å². The number of carboxylic acids is 1. The van der Waals surface area contributed by atoms with Crippen LogP contribution in [0.1, 0.15) is 115 Å². The fourth-order valence-corrected chi connectivity index (χ4v) is 17.1. The van der Waals surface area contributed by atoms with E-state index in [0.717, 1.165) is 18.9 Å². The van der Waals surface area contributed by atoms with Gasteiger partial charge in [-0.2, -0.15) is 10.6 Å². The van der Waals surface area contributed by atoms with Gasteiger partial charge in [0.15, 0.2) is 41.8 Å². The highest BCUT2D eigenvalue weighted by Crippen LogP contribution is 2.49. The number of nitrogens with one attached hydrogen (secondary N) is 3. The van der Waals surface area contributed by atoms with E-state index >= 15 is 0 Å². The zero-order valence-electron chi connectivity index (χ0n) is 62.4. The molecule has 2 bridgehead atoms. The number of aliphatic hydroxyl groups excluding tert-OH is 4. The Morgan fingerprint density at radius 2 is 1.56 bits per heavy atom. The number of methoxy groups -OCH3 is 5. The summed E-state index contributed by atoms with van der Waals surface area (Å²) in [6.45, 7) is 15.7. The van der Waals surface area contributed by atoms with E-state index in [1.54, 1.807) is 69.9 Å². The van der Waals surface area contributed by atoms with Crippen LogP contribution in [0.15, 0.2) is 64.4 Å². The summed E-state index contributed by atoms with van der Waals surface area (Å²) in [5.41, 5.74) is 4.52. The number of carbonyl (C=O) groups excluding carboxylic acids is 5. The third-order valence-electron chi connectivity index (χ3n) is 18.6. The number of ether oxygens (including phenoxy) is 13. The Morgan fingerprint density at radius 3 is 2.21 bits per heavy atom. The fourth-order valence-electron chi connectivity index (χ4n) is 13.0. The third-order valence-corrected chi connectivity index (χ3v) is 24.4. The van der Waals surface area contributed by atoms with Crippen molar-refractivity contribution in [2.75, 3.05) is 61.1 Å². The van der Waals surface area contributed by atoms with E-state index in [2.05, 4.69) is 45.0 Å². The molecular formula is C73H96IN5O26S3. The van der Waals surface area contributed by atoms with Gasteiger partial charge >= 0.3 is 12.1 Å². The van der Waals surface area contributed by atoms with Gasteiger partial charge in [0.1, 0.15) is 42.4 Å². The van der Waals surface area contributed by atoms with Gasteiger partial charge in [0, 0.05) is 75.0 Å². The molecule has 8 rings (SSSR count). The van der Waals surface area contributed by atoms with Crippen molar-refractivity contribution in [3.63, 3.8) is 0 Å². The minimum Gasteiger partial charge on any atom is -0.494 e. The lowest BCUT2D eigenvalue weighted by Gasteiger charge is -2.47. The number of Topliss-reactive ketones (excluding diaryl/α,β-unsaturated/α-hetero) is 1. The molecule has 3 amide bonds. The Kier molecular flexibility index (Phi) is 32.3. The van der Waals surface area contributed by atoms with Gasteiger partial charge in [-0.3, -0.25) is 34.1 Å². The molecule has 4 aliphatic heterocycles. The predicted molar refractivity (Wildman–Crippen MR) is 403 cm³/mol. The molecule has 0 unspecified atom stereocenters. The van der Waals surface area contributed by atoms with Crippen molar-refractivity contribution in [2.24, 2.45) is 5.10 Å². The van der Waals surface area contributed by atoms with Gasteiger partial charge in [-0.25, -0.2) is 10.2 Å². The van der Waals surface area contributed by atoms with Crippen LogP contribution in [-0.2, 0) is 66.6 Å². The molecule has 9 N–H and O–H groups in total. The van der Waals surface area contributed by atoms with Gasteiger partial charge in [-0.1, -0.05) is 63.1 Å². The molecule has 0 spiro atoms. The highest BCUT2D eigenvalue weighted by molar-refractivity contribution is 14.1. The van der Waals surface area contributed by atoms with Crippen molar-refractivity contribution < 1.29 is 126 Å². The molecule has 0 saturated carbocycles. The summed E-state index contributed by atoms with van der Waals surface area (Å²) < 4.78 is 78.1. The smallest absolute Gasteiger partial charge is 0.411 e. The molecule has 2 aromatic carbocycles. The number of likely N-dealkylation sites (N-methyl/N-ethyl adjacent to an activating group) is 1. The van der Waals surface area contributed by atoms with Crippen LogP contribution in [0.5, 0.6) is 23.0 Å². The van der Waals surface area contributed by atoms with Gasteiger partial charge in [-0.15, -0.1) is 0 Å². The Labute approximate surface area is 652 Å². The number of alkyl carbamates (subject to hydrolysis) is 1. The molecule has 108 heavy (non-hydrogen) atoms. The molecule has 2 aromatic rings. The van der Waals surface area contributed by atoms with E-state index in [9.17, 15) is 54.3 Å². The monoisotopic (exact) mass is 1680 g/mol. The van der Waals surface area contributed by atoms with Gasteiger partial charge in [0.05, 0.1) is 109 Å². The fraction of sp³-hybridized carbons (Fsp3) is 0.603. The van der Waals surface area contributed by atoms with E-state index in [1.165, 1.54) is 69.1 Å². The van der Waals surface area contributed by atoms with Crippen LogP contribution in [0, 0.1) is 34.2 Å². The first-order valence-corrected chi connectivity index (χ1v) is 39.1. The Bertz CT molecular complexity index is 3790. The lowest BCUT2D eigenvalue weighted by molar-refractivity contribution is -0.337. The molecule has 594 valence electrons. The number of thioether (sulfide) groups is 1. The number of fused-ring (bicyclic) bond motifs is 2. The Morgan fingerprint density at radius 1 is 0.861 bits per heavy atom. The van der Waals surface area contributed by atoms with E-state index in [1.807, 2.05) is 43.4 Å². The third kappa shape index (κ3) is 21.7. The average Bonchev–Trinajstić information content (AvgIpc) is 0.755. The number of ketones is 1. The van der Waals surface area contributed by atoms with Crippen molar-refractivity contribution in [2.45, 2.75) is 221 Å². The number of hydroxylamine groups is 1. The van der Waals surface area contributed by atoms with Crippen molar-refractivity contribution in [1.29, 1.82) is 0 Å². The number of halogens is 1. The van der Waals surface area contributed by atoms with Crippen LogP contribution in [0.3, 0.4) is 0 Å². The maximum absolute atomic E-state index is 14.6. The number of aliphatic hydroxyl groups is 5. The number of benzene rings is 2. The SMILES string of the molecule is CCN(C(C)=O)[C@H]1CO[C@@H](O[C@H]2[C@H](O[C@H]3C#C/C=C\C#C[C@]4(O)CC(=O)C(NC(=O)OC)=C3/C4=C\CSSC(C)(C)CC(=O)N/N=C(\C)c3ccc(OCCCC(=O)O)cc3)O[C@H](C)[C@@H](NO[C@H]3C[C@H](O)[C@H](SC(=O)c4c(C)c(I)c(O[C@@H]5O[C@@H](C)[C@H](O)[C@@H](OC)[C@H]5O)c(OC)c4OC)[C@@H](C)O3)[C@H]2O)C[C@@H]1OC. The zero-order chi connectivity index (χ0) is 79.1. The van der Waals surface area contributed by atoms with Crippen LogP contribution in [0.4, 0.5) is 4.79 Å². The number of hydrazone groups is 1. The molecular weight excluding hydrogens is 1590 g/mol. The number of hydrogen-bond acceptors (Lipinski definition) is 30. The summed E-state index contributed by atoms with van der Waals surface area (Å²) in [7, 11) is 9.26. The molecule has 4 saturated heterocycles. The highest BCUT2D eigenvalue weighted by Gasteiger charge is 2.53. The summed E-state index contributed by atoms with van der Waals surface area (Å²) in [6, 6.07) is 5.24. The first-order chi connectivity index (χ1) is 51.3. The number of hydrogen-bond donors (Lipinski definition) is 9. The number of carbonyl (C=O) groups is 6. The number of nitrogens with zero attached hydrogens (tertiary/aromatic N) is 2. The largest absolute Gasteiger partial charge is 0.494 e. The number of allylic oxidation sites excluding steroid dienone is 3. The summed E-state index contributed by atoms with van der Waals surface area (Å²) in [4.78, 5) is 87.3. The van der Waals surface area contributed by atoms with Crippen LogP contribution >= 0.6 is 55.9 Å². The van der Waals surface area contributed by atoms with Gasteiger partial charge in [0.25, 0.3) is 0 Å². The van der Waals surface area contributed by atoms with Gasteiger partial charge in [0.2, 0.25) is 29.0 Å². The molecule has 4 heterocycles. The minimum absolute atomic E-state index is 0.00478. The molecule has 4 fully saturated rings. The maximum atomic E-state index is 14.6. The van der Waals surface area contributed by atoms with Crippen LogP contribution in [0.2, 0.25) is 0 Å². The van der Waals surface area contributed by atoms with E-state index in [-0.39, 0.29) is 96.1 Å². The Hall–Kier alpha value is -6.15. The number of amides is 3. The number of carboxylic acid groups (broad SMARTS) is 1. The summed E-state index contributed by atoms with van der Waals surface area (Å²) >= 11 is 2.78. The molecule has 0 radical (unpaired) electrons. The highest BCUT2D eigenvalue weighted by atomic mass is 127. The summed E-state index contributed by atoms with van der Waals surface area (Å²) in [5, 5.41) is 73.4. The maximum Gasteiger partial charge on any atom is 0.411 e.